The van der Waals surface area contributed by atoms with Gasteiger partial charge in [-0.2, -0.15) is 0 Å². The molecular formula is C30H33FN8O2. The number of nitrogens with two attached hydrogens (primary N) is 1. The number of benzene rings is 2. The van der Waals surface area contributed by atoms with Gasteiger partial charge in [0.1, 0.15) is 19.0 Å². The van der Waals surface area contributed by atoms with Crippen LogP contribution in [0.4, 0.5) is 4.39 Å². The molecule has 0 radical (unpaired) electrons. The van der Waals surface area contributed by atoms with Gasteiger partial charge in [-0.25, -0.2) is 14.1 Å². The third-order valence-electron chi connectivity index (χ3n) is 8.23. The molecule has 1 aliphatic heterocycles. The lowest BCUT2D eigenvalue weighted by Crippen LogP contribution is -2.45. The van der Waals surface area contributed by atoms with Crippen LogP contribution in [0.25, 0.3) is 33.5 Å². The van der Waals surface area contributed by atoms with E-state index in [9.17, 15) is 9.18 Å². The molecule has 2 N–H and O–H groups in total. The van der Waals surface area contributed by atoms with Gasteiger partial charge in [-0.1, -0.05) is 17.3 Å². The summed E-state index contributed by atoms with van der Waals surface area (Å²) in [7, 11) is 2.03. The summed E-state index contributed by atoms with van der Waals surface area (Å²) in [6, 6.07) is 11.6. The van der Waals surface area contributed by atoms with Gasteiger partial charge in [0.05, 0.1) is 41.0 Å². The van der Waals surface area contributed by atoms with Gasteiger partial charge in [0.15, 0.2) is 5.82 Å². The number of ether oxygens (including phenoxy) is 1. The average Bonchev–Trinajstić information content (AvgIpc) is 3.35. The maximum atomic E-state index is 13.3. The molecule has 3 aromatic heterocycles. The van der Waals surface area contributed by atoms with Gasteiger partial charge in [-0.15, -0.1) is 5.10 Å². The highest BCUT2D eigenvalue weighted by molar-refractivity contribution is 6.01. The molecule has 0 saturated heterocycles. The summed E-state index contributed by atoms with van der Waals surface area (Å²) in [6.07, 6.45) is 6.62. The molecule has 1 amide bonds. The lowest BCUT2D eigenvalue weighted by Gasteiger charge is -2.30. The summed E-state index contributed by atoms with van der Waals surface area (Å²) in [5, 5.41) is 8.99. The van der Waals surface area contributed by atoms with E-state index in [0.717, 1.165) is 51.3 Å². The minimum atomic E-state index is -0.671. The number of carbonyl (C=O) groups excluding carboxylic acids is 1. The van der Waals surface area contributed by atoms with Crippen molar-refractivity contribution in [2.45, 2.75) is 38.4 Å². The van der Waals surface area contributed by atoms with Crippen LogP contribution in [0.2, 0.25) is 0 Å². The van der Waals surface area contributed by atoms with Crippen molar-refractivity contribution in [1.82, 2.24) is 34.0 Å². The molecule has 11 heteroatoms. The molecule has 5 aromatic rings. The molecule has 10 nitrogen and oxygen atoms in total. The van der Waals surface area contributed by atoms with E-state index in [1.807, 2.05) is 31.4 Å². The van der Waals surface area contributed by atoms with Crippen LogP contribution in [-0.2, 0) is 26.6 Å². The Balaban J connectivity index is 1.27. The number of fused-ring (bicyclic) bond motifs is 3. The average molecular weight is 557 g/mol. The van der Waals surface area contributed by atoms with Gasteiger partial charge in [0.2, 0.25) is 0 Å². The minimum absolute atomic E-state index is 0.111. The van der Waals surface area contributed by atoms with Crippen LogP contribution in [0.5, 0.6) is 5.75 Å². The van der Waals surface area contributed by atoms with E-state index < -0.39 is 12.7 Å². The number of nitrogens with zero attached hydrogens (tertiary/aromatic N) is 7. The van der Waals surface area contributed by atoms with Crippen LogP contribution in [0.15, 0.2) is 48.8 Å². The Hall–Kier alpha value is -4.25. The molecule has 1 aliphatic carbocycles. The van der Waals surface area contributed by atoms with Crippen LogP contribution >= 0.6 is 0 Å². The third-order valence-corrected chi connectivity index (χ3v) is 8.23. The van der Waals surface area contributed by atoms with Crippen molar-refractivity contribution in [3.8, 4) is 17.3 Å². The number of para-hydroxylation sites is 1. The van der Waals surface area contributed by atoms with E-state index >= 15 is 0 Å². The van der Waals surface area contributed by atoms with Crippen molar-refractivity contribution >= 4 is 27.8 Å². The van der Waals surface area contributed by atoms with Crippen LogP contribution < -0.4 is 10.5 Å². The molecule has 1 fully saturated rings. The highest BCUT2D eigenvalue weighted by Gasteiger charge is 2.29. The lowest BCUT2D eigenvalue weighted by molar-refractivity contribution is 0.0725. The number of imidazole rings is 1. The van der Waals surface area contributed by atoms with E-state index in [-0.39, 0.29) is 12.5 Å². The molecule has 0 bridgehead atoms. The summed E-state index contributed by atoms with van der Waals surface area (Å²) in [6.45, 7) is 2.08. The SMILES string of the molecule is Cn1c(-c2cc3cccc(OCCn4ccnn4)c3n2CC2CC2)nc2cc3c(cc21)CCN(C[C@H](N)CF)C3=O. The molecule has 1 saturated carbocycles. The fourth-order valence-electron chi connectivity index (χ4n) is 5.89. The summed E-state index contributed by atoms with van der Waals surface area (Å²) >= 11 is 0. The number of hydrogen-bond acceptors (Lipinski definition) is 6. The fraction of sp³-hybridized carbons (Fsp3) is 0.400. The van der Waals surface area contributed by atoms with Gasteiger partial charge in [0, 0.05) is 43.8 Å². The van der Waals surface area contributed by atoms with Crippen LogP contribution in [0, 0.1) is 5.92 Å². The fourth-order valence-corrected chi connectivity index (χ4v) is 5.89. The van der Waals surface area contributed by atoms with Crippen molar-refractivity contribution in [3.63, 3.8) is 0 Å². The van der Waals surface area contributed by atoms with E-state index in [1.54, 1.807) is 15.8 Å². The Labute approximate surface area is 236 Å². The number of rotatable bonds is 10. The van der Waals surface area contributed by atoms with Crippen molar-refractivity contribution in [3.05, 3.63) is 59.9 Å². The second-order valence-corrected chi connectivity index (χ2v) is 11.2. The van der Waals surface area contributed by atoms with Crippen LogP contribution in [-0.4, -0.2) is 72.3 Å². The Kier molecular flexibility index (Phi) is 6.45. The predicted molar refractivity (Wildman–Crippen MR) is 153 cm³/mol. The highest BCUT2D eigenvalue weighted by atomic mass is 19.1. The maximum absolute atomic E-state index is 13.3. The molecule has 0 unspecified atom stereocenters. The molecule has 4 heterocycles. The van der Waals surface area contributed by atoms with Gasteiger partial charge >= 0.3 is 0 Å². The molecule has 41 heavy (non-hydrogen) atoms. The molecule has 2 aromatic carbocycles. The quantitative estimate of drug-likeness (QED) is 0.282. The Morgan fingerprint density at radius 2 is 2.10 bits per heavy atom. The Morgan fingerprint density at radius 1 is 1.22 bits per heavy atom. The second kappa shape index (κ2) is 10.3. The molecule has 7 rings (SSSR count). The number of alkyl halides is 1. The molecule has 2 aliphatic rings. The monoisotopic (exact) mass is 556 g/mol. The third kappa shape index (κ3) is 4.73. The smallest absolute Gasteiger partial charge is 0.254 e. The standard InChI is InChI=1S/C30H33FN8O2/c1-36-25-13-20-7-9-37(18-22(32)16-31)30(40)23(20)15-24(25)34-29(36)26-14-21-3-2-4-27(28(21)39(26)17-19-5-6-19)41-12-11-38-10-8-33-35-38/h2-4,8,10,13-15,19,22H,5-7,9,11-12,16-18,32H2,1H3/t22-/m1/s1. The number of hydrogen-bond donors (Lipinski definition) is 1. The highest BCUT2D eigenvalue weighted by Crippen LogP contribution is 2.39. The summed E-state index contributed by atoms with van der Waals surface area (Å²) in [5.74, 6) is 2.20. The number of aryl methyl sites for hydroxylation is 1. The largest absolute Gasteiger partial charge is 0.489 e. The number of aromatic nitrogens is 6. The van der Waals surface area contributed by atoms with Gasteiger partial charge in [0.25, 0.3) is 5.91 Å². The summed E-state index contributed by atoms with van der Waals surface area (Å²) in [4.78, 5) is 20.0. The predicted octanol–water partition coefficient (Wildman–Crippen LogP) is 3.57. The first kappa shape index (κ1) is 25.7. The Morgan fingerprint density at radius 3 is 2.88 bits per heavy atom. The number of amides is 1. The lowest BCUT2D eigenvalue weighted by atomic mass is 9.97. The van der Waals surface area contributed by atoms with Gasteiger partial charge in [-0.05, 0) is 55.0 Å². The molecular weight excluding hydrogens is 523 g/mol. The van der Waals surface area contributed by atoms with Crippen molar-refractivity contribution in [1.29, 1.82) is 0 Å². The first-order valence-corrected chi connectivity index (χ1v) is 14.2. The zero-order chi connectivity index (χ0) is 28.1. The minimum Gasteiger partial charge on any atom is -0.489 e. The topological polar surface area (TPSA) is 109 Å². The van der Waals surface area contributed by atoms with E-state index in [2.05, 4.69) is 37.6 Å². The first-order valence-electron chi connectivity index (χ1n) is 14.2. The Bertz CT molecular complexity index is 1740. The molecule has 1 atom stereocenters. The molecule has 212 valence electrons. The van der Waals surface area contributed by atoms with E-state index in [0.29, 0.717) is 37.6 Å². The van der Waals surface area contributed by atoms with Crippen molar-refractivity contribution in [2.24, 2.45) is 18.7 Å². The summed E-state index contributed by atoms with van der Waals surface area (Å²) in [5.41, 5.74) is 11.3. The normalized spacial score (nSPS) is 16.1. The number of halogens is 1. The zero-order valence-corrected chi connectivity index (χ0v) is 23.0. The van der Waals surface area contributed by atoms with E-state index in [4.69, 9.17) is 15.5 Å². The van der Waals surface area contributed by atoms with Crippen LogP contribution in [0.3, 0.4) is 0 Å². The number of carbonyl (C=O) groups is 1. The maximum Gasteiger partial charge on any atom is 0.254 e. The first-order chi connectivity index (χ1) is 20.0. The van der Waals surface area contributed by atoms with Gasteiger partial charge in [-0.3, -0.25) is 4.79 Å². The van der Waals surface area contributed by atoms with Crippen LogP contribution in [0.1, 0.15) is 28.8 Å². The van der Waals surface area contributed by atoms with Gasteiger partial charge < -0.3 is 24.5 Å². The summed E-state index contributed by atoms with van der Waals surface area (Å²) < 4.78 is 25.5. The zero-order valence-electron chi connectivity index (χ0n) is 23.0. The van der Waals surface area contributed by atoms with E-state index in [1.165, 1.54) is 12.8 Å². The molecule has 0 spiro atoms. The van der Waals surface area contributed by atoms with Crippen molar-refractivity contribution in [2.75, 3.05) is 26.4 Å². The van der Waals surface area contributed by atoms with Crippen molar-refractivity contribution < 1.29 is 13.9 Å². The second-order valence-electron chi connectivity index (χ2n) is 11.2.